The number of fused-ring (bicyclic) bond motifs is 1. The fourth-order valence-corrected chi connectivity index (χ4v) is 4.70. The molecular formula is C21H21N5OS2. The van der Waals surface area contributed by atoms with E-state index >= 15 is 0 Å². The molecule has 1 amide bonds. The first-order valence-electron chi connectivity index (χ1n) is 9.21. The Bertz CT molecular complexity index is 1150. The minimum atomic E-state index is 0.0192. The summed E-state index contributed by atoms with van der Waals surface area (Å²) in [5.74, 6) is 1.24. The molecule has 0 aliphatic rings. The summed E-state index contributed by atoms with van der Waals surface area (Å²) in [6.45, 7) is 4.54. The van der Waals surface area contributed by atoms with Crippen molar-refractivity contribution >= 4 is 34.8 Å². The van der Waals surface area contributed by atoms with Gasteiger partial charge in [0, 0.05) is 34.6 Å². The SMILES string of the molecule is Cc1cc(C)n2nc(SCc3ccccc3C(=O)N(C)Cc3cccs3)nc2n1. The van der Waals surface area contributed by atoms with E-state index in [0.29, 0.717) is 28.8 Å². The standard InChI is InChI=1S/C21H21N5OS2/c1-14-11-15(2)26-20(22-14)23-21(24-26)29-13-16-7-4-5-9-18(16)19(27)25(3)12-17-8-6-10-28-17/h4-11H,12-13H2,1-3H3. The zero-order valence-corrected chi connectivity index (χ0v) is 18.1. The summed E-state index contributed by atoms with van der Waals surface area (Å²) in [6, 6.07) is 13.8. The van der Waals surface area contributed by atoms with Crippen molar-refractivity contribution in [2.75, 3.05) is 7.05 Å². The molecule has 4 rings (SSSR count). The van der Waals surface area contributed by atoms with Gasteiger partial charge in [0.25, 0.3) is 11.7 Å². The Kier molecular flexibility index (Phi) is 5.64. The van der Waals surface area contributed by atoms with Crippen molar-refractivity contribution in [3.63, 3.8) is 0 Å². The molecule has 0 atom stereocenters. The summed E-state index contributed by atoms with van der Waals surface area (Å²) >= 11 is 3.17. The molecule has 0 fully saturated rings. The third-order valence-electron chi connectivity index (χ3n) is 4.52. The molecule has 1 aromatic carbocycles. The van der Waals surface area contributed by atoms with Crippen LogP contribution in [0, 0.1) is 13.8 Å². The van der Waals surface area contributed by atoms with E-state index in [0.717, 1.165) is 17.0 Å². The molecule has 148 valence electrons. The number of benzene rings is 1. The maximum atomic E-state index is 13.0. The molecule has 29 heavy (non-hydrogen) atoms. The molecule has 0 radical (unpaired) electrons. The van der Waals surface area contributed by atoms with Crippen LogP contribution < -0.4 is 0 Å². The molecule has 3 aromatic heterocycles. The average molecular weight is 424 g/mol. The number of aryl methyl sites for hydroxylation is 2. The van der Waals surface area contributed by atoms with Gasteiger partial charge in [-0.25, -0.2) is 9.50 Å². The summed E-state index contributed by atoms with van der Waals surface area (Å²) < 4.78 is 1.75. The van der Waals surface area contributed by atoms with E-state index in [9.17, 15) is 4.79 Å². The van der Waals surface area contributed by atoms with Gasteiger partial charge in [-0.05, 0) is 43.0 Å². The predicted molar refractivity (Wildman–Crippen MR) is 116 cm³/mol. The Morgan fingerprint density at radius 2 is 2.00 bits per heavy atom. The first-order valence-corrected chi connectivity index (χ1v) is 11.1. The van der Waals surface area contributed by atoms with Crippen molar-refractivity contribution in [1.82, 2.24) is 24.5 Å². The lowest BCUT2D eigenvalue weighted by atomic mass is 10.1. The molecule has 4 aromatic rings. The lowest BCUT2D eigenvalue weighted by Crippen LogP contribution is -2.26. The molecule has 0 aliphatic carbocycles. The Labute approximate surface area is 177 Å². The second-order valence-electron chi connectivity index (χ2n) is 6.83. The van der Waals surface area contributed by atoms with Crippen LogP contribution in [0.4, 0.5) is 0 Å². The maximum absolute atomic E-state index is 13.0. The summed E-state index contributed by atoms with van der Waals surface area (Å²) in [5.41, 5.74) is 3.61. The van der Waals surface area contributed by atoms with Crippen LogP contribution in [0.2, 0.25) is 0 Å². The van der Waals surface area contributed by atoms with Crippen LogP contribution in [0.15, 0.2) is 53.0 Å². The van der Waals surface area contributed by atoms with E-state index in [1.165, 1.54) is 16.6 Å². The molecule has 3 heterocycles. The van der Waals surface area contributed by atoms with Gasteiger partial charge in [-0.15, -0.1) is 16.4 Å². The molecule has 0 saturated heterocycles. The fourth-order valence-electron chi connectivity index (χ4n) is 3.12. The molecule has 6 nitrogen and oxygen atoms in total. The van der Waals surface area contributed by atoms with E-state index in [1.807, 2.05) is 68.7 Å². The zero-order chi connectivity index (χ0) is 20.4. The number of amides is 1. The molecule has 0 bridgehead atoms. The number of thiophene rings is 1. The van der Waals surface area contributed by atoms with Crippen molar-refractivity contribution in [2.45, 2.75) is 31.3 Å². The van der Waals surface area contributed by atoms with E-state index in [2.05, 4.69) is 15.1 Å². The van der Waals surface area contributed by atoms with Crippen LogP contribution in [-0.2, 0) is 12.3 Å². The fraction of sp³-hybridized carbons (Fsp3) is 0.238. The van der Waals surface area contributed by atoms with Gasteiger partial charge in [-0.2, -0.15) is 4.98 Å². The lowest BCUT2D eigenvalue weighted by Gasteiger charge is -2.18. The van der Waals surface area contributed by atoms with Crippen LogP contribution in [0.3, 0.4) is 0 Å². The van der Waals surface area contributed by atoms with Crippen molar-refractivity contribution in [2.24, 2.45) is 0 Å². The normalized spacial score (nSPS) is 11.1. The van der Waals surface area contributed by atoms with E-state index < -0.39 is 0 Å². The van der Waals surface area contributed by atoms with Crippen molar-refractivity contribution in [3.05, 3.63) is 75.2 Å². The van der Waals surface area contributed by atoms with Crippen molar-refractivity contribution in [3.8, 4) is 0 Å². The largest absolute Gasteiger partial charge is 0.337 e. The number of carbonyl (C=O) groups excluding carboxylic acids is 1. The molecule has 0 spiro atoms. The summed E-state index contributed by atoms with van der Waals surface area (Å²) in [5, 5.41) is 7.22. The first-order chi connectivity index (χ1) is 14.0. The molecule has 0 aliphatic heterocycles. The second kappa shape index (κ2) is 8.34. The minimum Gasteiger partial charge on any atom is -0.337 e. The van der Waals surface area contributed by atoms with E-state index in [4.69, 9.17) is 0 Å². The highest BCUT2D eigenvalue weighted by atomic mass is 32.2. The number of hydrogen-bond donors (Lipinski definition) is 0. The molecule has 0 saturated carbocycles. The number of rotatable bonds is 6. The number of thioether (sulfide) groups is 1. The van der Waals surface area contributed by atoms with Gasteiger partial charge >= 0.3 is 0 Å². The molecule has 8 heteroatoms. The lowest BCUT2D eigenvalue weighted by molar-refractivity contribution is 0.0785. The first kappa shape index (κ1) is 19.6. The number of carbonyl (C=O) groups is 1. The van der Waals surface area contributed by atoms with Crippen molar-refractivity contribution < 1.29 is 4.79 Å². The monoisotopic (exact) mass is 423 g/mol. The highest BCUT2D eigenvalue weighted by Crippen LogP contribution is 2.24. The summed E-state index contributed by atoms with van der Waals surface area (Å²) in [7, 11) is 1.84. The van der Waals surface area contributed by atoms with Crippen LogP contribution in [0.5, 0.6) is 0 Å². The van der Waals surface area contributed by atoms with Gasteiger partial charge in [-0.3, -0.25) is 4.79 Å². The topological polar surface area (TPSA) is 63.4 Å². The van der Waals surface area contributed by atoms with Gasteiger partial charge in [0.15, 0.2) is 0 Å². The Balaban J connectivity index is 1.51. The quantitative estimate of drug-likeness (QED) is 0.431. The maximum Gasteiger partial charge on any atom is 0.254 e. The van der Waals surface area contributed by atoms with Gasteiger partial charge in [-0.1, -0.05) is 36.0 Å². The number of aromatic nitrogens is 4. The minimum absolute atomic E-state index is 0.0192. The van der Waals surface area contributed by atoms with E-state index in [1.54, 1.807) is 20.8 Å². The molecule has 0 unspecified atom stereocenters. The number of hydrogen-bond acceptors (Lipinski definition) is 6. The summed E-state index contributed by atoms with van der Waals surface area (Å²) in [6.07, 6.45) is 0. The van der Waals surface area contributed by atoms with Gasteiger partial charge in [0.1, 0.15) is 0 Å². The van der Waals surface area contributed by atoms with Crippen LogP contribution in [-0.4, -0.2) is 37.4 Å². The van der Waals surface area contributed by atoms with Gasteiger partial charge in [0.2, 0.25) is 5.16 Å². The predicted octanol–water partition coefficient (Wildman–Crippen LogP) is 4.37. The third kappa shape index (κ3) is 4.33. The van der Waals surface area contributed by atoms with Crippen LogP contribution in [0.1, 0.15) is 32.2 Å². The molecular weight excluding hydrogens is 402 g/mol. The number of nitrogens with zero attached hydrogens (tertiary/aromatic N) is 5. The average Bonchev–Trinajstić information content (AvgIpc) is 3.35. The van der Waals surface area contributed by atoms with E-state index in [-0.39, 0.29) is 5.91 Å². The highest BCUT2D eigenvalue weighted by molar-refractivity contribution is 7.98. The summed E-state index contributed by atoms with van der Waals surface area (Å²) in [4.78, 5) is 24.9. The van der Waals surface area contributed by atoms with Crippen molar-refractivity contribution in [1.29, 1.82) is 0 Å². The highest BCUT2D eigenvalue weighted by Gasteiger charge is 2.17. The Morgan fingerprint density at radius 3 is 2.79 bits per heavy atom. The second-order valence-corrected chi connectivity index (χ2v) is 8.81. The van der Waals surface area contributed by atoms with Gasteiger partial charge < -0.3 is 4.90 Å². The van der Waals surface area contributed by atoms with Crippen LogP contribution in [0.25, 0.3) is 5.78 Å². The Hall–Kier alpha value is -2.71. The van der Waals surface area contributed by atoms with Crippen LogP contribution >= 0.6 is 23.1 Å². The van der Waals surface area contributed by atoms with Gasteiger partial charge in [0.05, 0.1) is 6.54 Å². The smallest absolute Gasteiger partial charge is 0.254 e. The Morgan fingerprint density at radius 1 is 1.17 bits per heavy atom. The zero-order valence-electron chi connectivity index (χ0n) is 16.5. The molecule has 0 N–H and O–H groups in total. The third-order valence-corrected chi connectivity index (χ3v) is 6.27.